The van der Waals surface area contributed by atoms with Crippen molar-refractivity contribution in [3.8, 4) is 0 Å². The van der Waals surface area contributed by atoms with Crippen molar-refractivity contribution in [3.63, 3.8) is 0 Å². The van der Waals surface area contributed by atoms with Gasteiger partial charge in [-0.3, -0.25) is 0 Å². The zero-order chi connectivity index (χ0) is 9.31. The Morgan fingerprint density at radius 3 is 2.31 bits per heavy atom. The van der Waals surface area contributed by atoms with E-state index < -0.39 is 0 Å². The first-order valence-electron chi connectivity index (χ1n) is 4.31. The third kappa shape index (κ3) is 1.46. The fourth-order valence-electron chi connectivity index (χ4n) is 1.55. The lowest BCUT2D eigenvalue weighted by Gasteiger charge is -2.41. The first kappa shape index (κ1) is 9.00. The lowest BCUT2D eigenvalue weighted by Crippen LogP contribution is -2.52. The van der Waals surface area contributed by atoms with Crippen LogP contribution in [0.1, 0.15) is 5.56 Å². The maximum Gasteiger partial charge on any atom is 0.0597 e. The van der Waals surface area contributed by atoms with Gasteiger partial charge < -0.3 is 10.5 Å². The molecule has 1 heterocycles. The first-order valence-corrected chi connectivity index (χ1v) is 4.68. The highest BCUT2D eigenvalue weighted by atomic mass is 35.5. The molecule has 13 heavy (non-hydrogen) atoms. The van der Waals surface area contributed by atoms with Crippen LogP contribution in [0.5, 0.6) is 0 Å². The fourth-order valence-corrected chi connectivity index (χ4v) is 1.68. The van der Waals surface area contributed by atoms with E-state index in [9.17, 15) is 0 Å². The van der Waals surface area contributed by atoms with Crippen LogP contribution in [0.15, 0.2) is 24.3 Å². The minimum absolute atomic E-state index is 0.0462. The van der Waals surface area contributed by atoms with Gasteiger partial charge in [0.2, 0.25) is 0 Å². The summed E-state index contributed by atoms with van der Waals surface area (Å²) in [5.41, 5.74) is 7.00. The summed E-state index contributed by atoms with van der Waals surface area (Å²) in [6.07, 6.45) is 0. The average molecular weight is 198 g/mol. The van der Waals surface area contributed by atoms with Gasteiger partial charge in [0.15, 0.2) is 0 Å². The van der Waals surface area contributed by atoms with Crippen LogP contribution >= 0.6 is 11.6 Å². The summed E-state index contributed by atoms with van der Waals surface area (Å²) in [4.78, 5) is 0. The molecule has 1 aromatic rings. The molecule has 0 bridgehead atoms. The fraction of sp³-hybridized carbons (Fsp3) is 0.400. The monoisotopic (exact) mass is 197 g/mol. The molecule has 3 heteroatoms. The molecule has 1 saturated heterocycles. The van der Waals surface area contributed by atoms with Crippen molar-refractivity contribution < 1.29 is 4.74 Å². The molecule has 2 N–H and O–H groups in total. The zero-order valence-corrected chi connectivity index (χ0v) is 8.05. The van der Waals surface area contributed by atoms with Gasteiger partial charge in [-0.1, -0.05) is 23.7 Å². The van der Waals surface area contributed by atoms with Gasteiger partial charge >= 0.3 is 0 Å². The first-order chi connectivity index (χ1) is 6.27. The van der Waals surface area contributed by atoms with E-state index in [1.807, 2.05) is 24.3 Å². The van der Waals surface area contributed by atoms with E-state index in [2.05, 4.69) is 0 Å². The van der Waals surface area contributed by atoms with E-state index in [4.69, 9.17) is 22.1 Å². The second-order valence-electron chi connectivity index (χ2n) is 3.48. The predicted octanol–water partition coefficient (Wildman–Crippen LogP) is 1.57. The summed E-state index contributed by atoms with van der Waals surface area (Å²) >= 11 is 5.80. The Morgan fingerprint density at radius 1 is 1.31 bits per heavy atom. The molecule has 1 aliphatic rings. The molecule has 0 spiro atoms. The molecule has 2 nitrogen and oxygen atoms in total. The lowest BCUT2D eigenvalue weighted by molar-refractivity contribution is -0.0550. The molecule has 0 saturated carbocycles. The predicted molar refractivity (Wildman–Crippen MR) is 53.0 cm³/mol. The Hall–Kier alpha value is -0.570. The summed E-state index contributed by atoms with van der Waals surface area (Å²) in [5, 5.41) is 0.760. The Kier molecular flexibility index (Phi) is 2.28. The third-order valence-electron chi connectivity index (χ3n) is 2.60. The molecule has 0 unspecified atom stereocenters. The SMILES string of the molecule is NCC1(c2ccc(Cl)cc2)COC1. The van der Waals surface area contributed by atoms with Gasteiger partial charge in [0.05, 0.1) is 18.6 Å². The smallest absolute Gasteiger partial charge is 0.0597 e. The molecule has 1 aliphatic heterocycles. The minimum Gasteiger partial charge on any atom is -0.379 e. The number of benzene rings is 1. The maximum absolute atomic E-state index is 5.80. The van der Waals surface area contributed by atoms with Crippen LogP contribution in [0.3, 0.4) is 0 Å². The van der Waals surface area contributed by atoms with Crippen molar-refractivity contribution in [2.24, 2.45) is 5.73 Å². The number of ether oxygens (including phenoxy) is 1. The van der Waals surface area contributed by atoms with Crippen molar-refractivity contribution in [2.45, 2.75) is 5.41 Å². The van der Waals surface area contributed by atoms with Crippen LogP contribution in [0.25, 0.3) is 0 Å². The topological polar surface area (TPSA) is 35.2 Å². The number of halogens is 1. The second-order valence-corrected chi connectivity index (χ2v) is 3.92. The summed E-state index contributed by atoms with van der Waals surface area (Å²) in [7, 11) is 0. The van der Waals surface area contributed by atoms with Gasteiger partial charge in [0, 0.05) is 11.6 Å². The van der Waals surface area contributed by atoms with Crippen molar-refractivity contribution in [1.29, 1.82) is 0 Å². The normalized spacial score (nSPS) is 19.5. The Labute approximate surface area is 82.6 Å². The Morgan fingerprint density at radius 2 is 1.92 bits per heavy atom. The van der Waals surface area contributed by atoms with Crippen molar-refractivity contribution >= 4 is 11.6 Å². The molecule has 0 atom stereocenters. The van der Waals surface area contributed by atoms with Crippen LogP contribution in [0.2, 0.25) is 5.02 Å². The number of hydrogen-bond acceptors (Lipinski definition) is 2. The molecule has 0 aliphatic carbocycles. The van der Waals surface area contributed by atoms with Gasteiger partial charge in [0.25, 0.3) is 0 Å². The van der Waals surface area contributed by atoms with Gasteiger partial charge in [-0.2, -0.15) is 0 Å². The Bertz CT molecular complexity index is 287. The van der Waals surface area contributed by atoms with Crippen LogP contribution < -0.4 is 5.73 Å². The zero-order valence-electron chi connectivity index (χ0n) is 7.29. The van der Waals surface area contributed by atoms with Crippen LogP contribution in [-0.4, -0.2) is 19.8 Å². The molecule has 1 aromatic carbocycles. The second kappa shape index (κ2) is 3.29. The van der Waals surface area contributed by atoms with Crippen LogP contribution in [0.4, 0.5) is 0 Å². The molecular formula is C10H12ClNO. The van der Waals surface area contributed by atoms with Crippen molar-refractivity contribution in [2.75, 3.05) is 19.8 Å². The highest BCUT2D eigenvalue weighted by molar-refractivity contribution is 6.30. The molecule has 2 rings (SSSR count). The van der Waals surface area contributed by atoms with Crippen LogP contribution in [-0.2, 0) is 10.2 Å². The molecule has 0 aromatic heterocycles. The molecule has 0 amide bonds. The largest absolute Gasteiger partial charge is 0.379 e. The van der Waals surface area contributed by atoms with E-state index in [1.54, 1.807) is 0 Å². The summed E-state index contributed by atoms with van der Waals surface area (Å²) in [6, 6.07) is 7.84. The van der Waals surface area contributed by atoms with Gasteiger partial charge in [-0.25, -0.2) is 0 Å². The number of rotatable bonds is 2. The van der Waals surface area contributed by atoms with Gasteiger partial charge in [0.1, 0.15) is 0 Å². The van der Waals surface area contributed by atoms with Gasteiger partial charge in [-0.15, -0.1) is 0 Å². The standard InChI is InChI=1S/C10H12ClNO/c11-9-3-1-8(2-4-9)10(5-12)6-13-7-10/h1-4H,5-7,12H2. The summed E-state index contributed by atoms with van der Waals surface area (Å²) < 4.78 is 5.20. The van der Waals surface area contributed by atoms with Crippen LogP contribution in [0, 0.1) is 0 Å². The molecular weight excluding hydrogens is 186 g/mol. The summed E-state index contributed by atoms with van der Waals surface area (Å²) in [6.45, 7) is 2.09. The van der Waals surface area contributed by atoms with E-state index in [0.717, 1.165) is 18.2 Å². The highest BCUT2D eigenvalue weighted by Crippen LogP contribution is 2.31. The van der Waals surface area contributed by atoms with E-state index in [-0.39, 0.29) is 5.41 Å². The molecule has 1 fully saturated rings. The number of nitrogens with two attached hydrogens (primary N) is 1. The lowest BCUT2D eigenvalue weighted by atomic mass is 9.79. The van der Waals surface area contributed by atoms with E-state index in [0.29, 0.717) is 6.54 Å². The average Bonchev–Trinajstić information content (AvgIpc) is 2.07. The Balaban J connectivity index is 2.28. The summed E-state index contributed by atoms with van der Waals surface area (Å²) in [5.74, 6) is 0. The number of hydrogen-bond donors (Lipinski definition) is 1. The van der Waals surface area contributed by atoms with Crippen molar-refractivity contribution in [3.05, 3.63) is 34.9 Å². The maximum atomic E-state index is 5.80. The van der Waals surface area contributed by atoms with Gasteiger partial charge in [-0.05, 0) is 17.7 Å². The highest BCUT2D eigenvalue weighted by Gasteiger charge is 2.38. The van der Waals surface area contributed by atoms with Crippen molar-refractivity contribution in [1.82, 2.24) is 0 Å². The molecule has 70 valence electrons. The van der Waals surface area contributed by atoms with E-state index >= 15 is 0 Å². The minimum atomic E-state index is 0.0462. The molecule has 0 radical (unpaired) electrons. The quantitative estimate of drug-likeness (QED) is 0.781. The van der Waals surface area contributed by atoms with E-state index in [1.165, 1.54) is 5.56 Å². The third-order valence-corrected chi connectivity index (χ3v) is 2.86.